The van der Waals surface area contributed by atoms with E-state index in [1.165, 1.54) is 5.56 Å². The van der Waals surface area contributed by atoms with Crippen molar-refractivity contribution in [3.05, 3.63) is 76.5 Å². The zero-order valence-corrected chi connectivity index (χ0v) is 18.6. The number of rotatable bonds is 4. The van der Waals surface area contributed by atoms with Crippen LogP contribution in [0.5, 0.6) is 5.75 Å². The van der Waals surface area contributed by atoms with Gasteiger partial charge in [0.1, 0.15) is 18.4 Å². The molecule has 7 heteroatoms. The SMILES string of the molecule is CC(C)(C)c1ccc(COc2ccccc2C2C3=C(CCCC3=O)Nc3nnnn32)cc1. The van der Waals surface area contributed by atoms with Crippen LogP contribution in [0.25, 0.3) is 0 Å². The minimum Gasteiger partial charge on any atom is -0.489 e. The Morgan fingerprint density at radius 3 is 2.66 bits per heavy atom. The third kappa shape index (κ3) is 3.68. The normalized spacial score (nSPS) is 18.1. The van der Waals surface area contributed by atoms with Gasteiger partial charge in [0.25, 0.3) is 0 Å². The van der Waals surface area contributed by atoms with Gasteiger partial charge in [-0.15, -0.1) is 0 Å². The molecule has 0 saturated carbocycles. The quantitative estimate of drug-likeness (QED) is 0.654. The summed E-state index contributed by atoms with van der Waals surface area (Å²) in [6, 6.07) is 16.0. The summed E-state index contributed by atoms with van der Waals surface area (Å²) < 4.78 is 7.96. The van der Waals surface area contributed by atoms with E-state index in [0.29, 0.717) is 19.0 Å². The Morgan fingerprint density at radius 2 is 1.88 bits per heavy atom. The fourth-order valence-corrected chi connectivity index (χ4v) is 4.40. The number of nitrogens with one attached hydrogen (secondary N) is 1. The molecule has 5 rings (SSSR count). The van der Waals surface area contributed by atoms with E-state index in [0.717, 1.165) is 41.0 Å². The fraction of sp³-hybridized carbons (Fsp3) is 0.360. The van der Waals surface area contributed by atoms with Crippen LogP contribution in [-0.2, 0) is 16.8 Å². The number of carbonyl (C=O) groups is 1. The summed E-state index contributed by atoms with van der Waals surface area (Å²) in [7, 11) is 0. The predicted molar refractivity (Wildman–Crippen MR) is 121 cm³/mol. The molecule has 0 fully saturated rings. The minimum absolute atomic E-state index is 0.114. The molecule has 1 unspecified atom stereocenters. The second kappa shape index (κ2) is 7.89. The number of allylic oxidation sites excluding steroid dienone is 2. The van der Waals surface area contributed by atoms with Crippen LogP contribution in [0.15, 0.2) is 59.8 Å². The van der Waals surface area contributed by atoms with E-state index >= 15 is 0 Å². The molecule has 1 aliphatic heterocycles. The van der Waals surface area contributed by atoms with Gasteiger partial charge in [-0.25, -0.2) is 0 Å². The van der Waals surface area contributed by atoms with Gasteiger partial charge in [-0.2, -0.15) is 4.68 Å². The molecule has 0 radical (unpaired) electrons. The van der Waals surface area contributed by atoms with Crippen molar-refractivity contribution >= 4 is 11.7 Å². The Balaban J connectivity index is 1.47. The van der Waals surface area contributed by atoms with Crippen molar-refractivity contribution in [3.8, 4) is 5.75 Å². The number of anilines is 1. The fourth-order valence-electron chi connectivity index (χ4n) is 4.40. The van der Waals surface area contributed by atoms with Crippen molar-refractivity contribution < 1.29 is 9.53 Å². The Labute approximate surface area is 187 Å². The lowest BCUT2D eigenvalue weighted by Gasteiger charge is -2.32. The minimum atomic E-state index is -0.400. The van der Waals surface area contributed by atoms with Crippen molar-refractivity contribution in [2.45, 2.75) is 58.1 Å². The molecule has 1 aromatic heterocycles. The van der Waals surface area contributed by atoms with E-state index < -0.39 is 6.04 Å². The highest BCUT2D eigenvalue weighted by Crippen LogP contribution is 2.42. The number of nitrogens with zero attached hydrogens (tertiary/aromatic N) is 4. The lowest BCUT2D eigenvalue weighted by molar-refractivity contribution is -0.116. The summed E-state index contributed by atoms with van der Waals surface area (Å²) in [5.41, 5.74) is 5.04. The van der Waals surface area contributed by atoms with E-state index in [-0.39, 0.29) is 11.2 Å². The van der Waals surface area contributed by atoms with Gasteiger partial charge in [-0.05, 0) is 45.9 Å². The summed E-state index contributed by atoms with van der Waals surface area (Å²) >= 11 is 0. The third-order valence-corrected chi connectivity index (χ3v) is 6.16. The second-order valence-electron chi connectivity index (χ2n) is 9.42. The number of ketones is 1. The highest BCUT2D eigenvalue weighted by atomic mass is 16.5. The van der Waals surface area contributed by atoms with E-state index in [2.05, 4.69) is 65.9 Å². The van der Waals surface area contributed by atoms with Gasteiger partial charge in [0.15, 0.2) is 5.78 Å². The molecular formula is C25H27N5O2. The van der Waals surface area contributed by atoms with Gasteiger partial charge in [-0.1, -0.05) is 68.3 Å². The van der Waals surface area contributed by atoms with Crippen LogP contribution in [0.1, 0.15) is 62.8 Å². The largest absolute Gasteiger partial charge is 0.489 e. The van der Waals surface area contributed by atoms with Crippen LogP contribution >= 0.6 is 0 Å². The zero-order valence-electron chi connectivity index (χ0n) is 18.6. The van der Waals surface area contributed by atoms with Crippen molar-refractivity contribution in [1.82, 2.24) is 20.2 Å². The van der Waals surface area contributed by atoms with E-state index in [9.17, 15) is 4.79 Å². The number of para-hydroxylation sites is 1. The number of carbonyl (C=O) groups excluding carboxylic acids is 1. The van der Waals surface area contributed by atoms with Crippen LogP contribution in [-0.4, -0.2) is 26.0 Å². The number of hydrogen-bond acceptors (Lipinski definition) is 6. The molecule has 3 aromatic rings. The topological polar surface area (TPSA) is 81.9 Å². The zero-order chi connectivity index (χ0) is 22.3. The average molecular weight is 430 g/mol. The van der Waals surface area contributed by atoms with Crippen molar-refractivity contribution in [2.24, 2.45) is 0 Å². The molecule has 2 heterocycles. The molecule has 1 aliphatic carbocycles. The van der Waals surface area contributed by atoms with E-state index in [1.54, 1.807) is 4.68 Å². The predicted octanol–water partition coefficient (Wildman–Crippen LogP) is 4.57. The molecule has 7 nitrogen and oxygen atoms in total. The van der Waals surface area contributed by atoms with Crippen LogP contribution in [0.4, 0.5) is 5.95 Å². The Hall–Kier alpha value is -3.48. The van der Waals surface area contributed by atoms with Crippen molar-refractivity contribution in [2.75, 3.05) is 5.32 Å². The summed E-state index contributed by atoms with van der Waals surface area (Å²) in [6.07, 6.45) is 2.19. The van der Waals surface area contributed by atoms with Crippen LogP contribution in [0, 0.1) is 0 Å². The van der Waals surface area contributed by atoms with Crippen LogP contribution in [0.3, 0.4) is 0 Å². The maximum absolute atomic E-state index is 12.9. The molecular weight excluding hydrogens is 402 g/mol. The first kappa shape index (κ1) is 20.4. The lowest BCUT2D eigenvalue weighted by atomic mass is 9.85. The molecule has 32 heavy (non-hydrogen) atoms. The maximum atomic E-state index is 12.9. The number of benzene rings is 2. The summed E-state index contributed by atoms with van der Waals surface area (Å²) in [4.78, 5) is 12.9. The Morgan fingerprint density at radius 1 is 1.09 bits per heavy atom. The standard InChI is InChI=1S/C25H27N5O2/c1-25(2,3)17-13-11-16(12-14-17)15-32-21-10-5-4-7-18(21)23-22-19(8-6-9-20(22)31)26-24-27-28-29-30(23)24/h4-5,7,10-14,23H,6,8-9,15H2,1-3H3,(H,26,27,29). The molecule has 1 atom stereocenters. The molecule has 0 bridgehead atoms. The monoisotopic (exact) mass is 429 g/mol. The van der Waals surface area contributed by atoms with Crippen molar-refractivity contribution in [1.29, 1.82) is 0 Å². The number of hydrogen-bond donors (Lipinski definition) is 1. The molecule has 2 aliphatic rings. The highest BCUT2D eigenvalue weighted by Gasteiger charge is 2.37. The van der Waals surface area contributed by atoms with Gasteiger partial charge in [0.05, 0.1) is 0 Å². The van der Waals surface area contributed by atoms with E-state index in [1.807, 2.05) is 24.3 Å². The number of fused-ring (bicyclic) bond motifs is 1. The Kier molecular flexibility index (Phi) is 5.04. The van der Waals surface area contributed by atoms with E-state index in [4.69, 9.17) is 4.74 Å². The molecule has 0 spiro atoms. The smallest absolute Gasteiger partial charge is 0.248 e. The third-order valence-electron chi connectivity index (χ3n) is 6.16. The van der Waals surface area contributed by atoms with Gasteiger partial charge in [-0.3, -0.25) is 4.79 Å². The number of tetrazole rings is 1. The highest BCUT2D eigenvalue weighted by molar-refractivity contribution is 5.99. The number of aromatic nitrogens is 4. The average Bonchev–Trinajstić information content (AvgIpc) is 3.25. The molecule has 1 N–H and O–H groups in total. The second-order valence-corrected chi connectivity index (χ2v) is 9.42. The summed E-state index contributed by atoms with van der Waals surface area (Å²) in [5, 5.41) is 15.4. The van der Waals surface area contributed by atoms with Crippen LogP contribution in [0.2, 0.25) is 0 Å². The number of ether oxygens (including phenoxy) is 1. The van der Waals surface area contributed by atoms with Gasteiger partial charge >= 0.3 is 0 Å². The lowest BCUT2D eigenvalue weighted by Crippen LogP contribution is -2.31. The van der Waals surface area contributed by atoms with Gasteiger partial charge in [0.2, 0.25) is 5.95 Å². The molecule has 164 valence electrons. The maximum Gasteiger partial charge on any atom is 0.248 e. The summed E-state index contributed by atoms with van der Waals surface area (Å²) in [6.45, 7) is 7.05. The van der Waals surface area contributed by atoms with Gasteiger partial charge < -0.3 is 10.1 Å². The molecule has 0 saturated heterocycles. The Bertz CT molecular complexity index is 1190. The first-order valence-corrected chi connectivity index (χ1v) is 11.0. The molecule has 0 amide bonds. The number of Topliss-reactive ketones (excluding diaryl/α,β-unsaturated/α-hetero) is 1. The van der Waals surface area contributed by atoms with Crippen molar-refractivity contribution in [3.63, 3.8) is 0 Å². The first-order valence-electron chi connectivity index (χ1n) is 11.0. The van der Waals surface area contributed by atoms with Gasteiger partial charge in [0, 0.05) is 23.3 Å². The molecule has 2 aromatic carbocycles. The first-order chi connectivity index (χ1) is 15.4. The van der Waals surface area contributed by atoms with Crippen LogP contribution < -0.4 is 10.1 Å². The summed E-state index contributed by atoms with van der Waals surface area (Å²) in [5.74, 6) is 1.42.